The van der Waals surface area contributed by atoms with Crippen LogP contribution >= 0.6 is 11.8 Å². The average molecular weight is 436 g/mol. The molecule has 2 rings (SSSR count). The molecule has 4 nitrogen and oxygen atoms in total. The summed E-state index contributed by atoms with van der Waals surface area (Å²) in [4.78, 5) is 15.4. The molecule has 1 N–H and O–H groups in total. The van der Waals surface area contributed by atoms with Gasteiger partial charge in [0.15, 0.2) is 0 Å². The molecular formula is C18H14F6N2O2S. The quantitative estimate of drug-likeness (QED) is 0.264. The molecule has 0 fully saturated rings. The van der Waals surface area contributed by atoms with E-state index >= 15 is 0 Å². The van der Waals surface area contributed by atoms with Crippen molar-refractivity contribution in [3.05, 3.63) is 59.7 Å². The van der Waals surface area contributed by atoms with Gasteiger partial charge in [0.2, 0.25) is 5.90 Å². The molecule has 0 heterocycles. The Labute approximate surface area is 166 Å². The second-order valence-corrected chi connectivity index (χ2v) is 6.59. The van der Waals surface area contributed by atoms with Crippen molar-refractivity contribution < 1.29 is 35.9 Å². The fraction of sp³-hybridized carbons (Fsp3) is 0.222. The van der Waals surface area contributed by atoms with E-state index in [2.05, 4.69) is 10.3 Å². The lowest BCUT2D eigenvalue weighted by Gasteiger charge is -2.14. The van der Waals surface area contributed by atoms with Crippen LogP contribution in [0, 0.1) is 11.6 Å². The number of carbonyl (C=O) groups is 1. The van der Waals surface area contributed by atoms with E-state index in [-0.39, 0.29) is 29.0 Å². The SMILES string of the molecule is CCOC(=NC(=O)Nc1ccc(SC(F)(F)C(F)F)cc1)c1c(F)cccc1F. The molecule has 0 spiro atoms. The zero-order chi connectivity index (χ0) is 21.6. The summed E-state index contributed by atoms with van der Waals surface area (Å²) in [6.45, 7) is 1.50. The molecule has 0 atom stereocenters. The van der Waals surface area contributed by atoms with Gasteiger partial charge in [0, 0.05) is 10.6 Å². The average Bonchev–Trinajstić information content (AvgIpc) is 2.63. The Hall–Kier alpha value is -2.69. The fourth-order valence-corrected chi connectivity index (χ4v) is 2.73. The largest absolute Gasteiger partial charge is 0.477 e. The number of alkyl halides is 4. The summed E-state index contributed by atoms with van der Waals surface area (Å²) in [7, 11) is 0. The van der Waals surface area contributed by atoms with Gasteiger partial charge in [0.1, 0.15) is 17.2 Å². The van der Waals surface area contributed by atoms with E-state index in [0.717, 1.165) is 30.3 Å². The Kier molecular flexibility index (Phi) is 7.54. The number of aliphatic imine (C=N–C) groups is 1. The number of thioether (sulfide) groups is 1. The zero-order valence-electron chi connectivity index (χ0n) is 14.8. The van der Waals surface area contributed by atoms with E-state index in [4.69, 9.17) is 4.74 Å². The first kappa shape index (κ1) is 22.6. The molecule has 0 aliphatic heterocycles. The summed E-state index contributed by atoms with van der Waals surface area (Å²) >= 11 is -0.328. The Balaban J connectivity index is 2.16. The highest BCUT2D eigenvalue weighted by atomic mass is 32.2. The van der Waals surface area contributed by atoms with Crippen molar-refractivity contribution in [1.29, 1.82) is 0 Å². The van der Waals surface area contributed by atoms with Gasteiger partial charge in [0.05, 0.1) is 6.61 Å². The van der Waals surface area contributed by atoms with E-state index < -0.39 is 40.8 Å². The monoisotopic (exact) mass is 436 g/mol. The highest BCUT2D eigenvalue weighted by Gasteiger charge is 2.41. The second kappa shape index (κ2) is 9.68. The standard InChI is InChI=1S/C18H14F6N2O2S/c1-2-28-15(14-12(19)4-3-5-13(14)20)26-17(27)25-10-6-8-11(9-7-10)29-18(23,24)16(21)22/h3-9,16H,2H2,1H3,(H,25,27). The molecule has 0 unspecified atom stereocenters. The van der Waals surface area contributed by atoms with Gasteiger partial charge in [0.25, 0.3) is 0 Å². The summed E-state index contributed by atoms with van der Waals surface area (Å²) < 4.78 is 83.3. The van der Waals surface area contributed by atoms with Crippen molar-refractivity contribution in [2.45, 2.75) is 23.5 Å². The number of carbonyl (C=O) groups excluding carboxylic acids is 1. The van der Waals surface area contributed by atoms with Gasteiger partial charge >= 0.3 is 17.7 Å². The van der Waals surface area contributed by atoms with Gasteiger partial charge in [-0.25, -0.2) is 22.4 Å². The van der Waals surface area contributed by atoms with Crippen LogP contribution in [0.15, 0.2) is 52.4 Å². The maximum Gasteiger partial charge on any atom is 0.357 e. The molecule has 0 radical (unpaired) electrons. The number of anilines is 1. The zero-order valence-corrected chi connectivity index (χ0v) is 15.6. The summed E-state index contributed by atoms with van der Waals surface area (Å²) in [5.41, 5.74) is -0.529. The number of ether oxygens (including phenoxy) is 1. The third-order valence-electron chi connectivity index (χ3n) is 3.27. The topological polar surface area (TPSA) is 50.7 Å². The van der Waals surface area contributed by atoms with Crippen LogP contribution in [0.4, 0.5) is 36.8 Å². The molecule has 2 amide bonds. The second-order valence-electron chi connectivity index (χ2n) is 5.37. The molecule has 0 bridgehead atoms. The van der Waals surface area contributed by atoms with Crippen LogP contribution in [0.1, 0.15) is 12.5 Å². The molecule has 0 aliphatic carbocycles. The van der Waals surface area contributed by atoms with Crippen LogP contribution in [0.25, 0.3) is 0 Å². The van der Waals surface area contributed by atoms with Crippen LogP contribution in [-0.4, -0.2) is 30.2 Å². The molecule has 2 aromatic rings. The lowest BCUT2D eigenvalue weighted by atomic mass is 10.2. The highest BCUT2D eigenvalue weighted by Crippen LogP contribution is 2.40. The van der Waals surface area contributed by atoms with Crippen molar-refractivity contribution in [3.8, 4) is 0 Å². The van der Waals surface area contributed by atoms with Crippen molar-refractivity contribution in [2.75, 3.05) is 11.9 Å². The van der Waals surface area contributed by atoms with Crippen molar-refractivity contribution >= 4 is 29.4 Å². The molecule has 156 valence electrons. The first-order chi connectivity index (χ1) is 13.6. The van der Waals surface area contributed by atoms with Gasteiger partial charge in [-0.05, 0) is 55.1 Å². The van der Waals surface area contributed by atoms with E-state index in [1.807, 2.05) is 0 Å². The number of urea groups is 1. The molecule has 0 aromatic heterocycles. The van der Waals surface area contributed by atoms with Crippen LogP contribution in [-0.2, 0) is 4.74 Å². The highest BCUT2D eigenvalue weighted by molar-refractivity contribution is 8.00. The molecule has 0 aliphatic rings. The summed E-state index contributed by atoms with van der Waals surface area (Å²) in [6.07, 6.45) is -3.84. The number of nitrogens with one attached hydrogen (secondary N) is 1. The normalized spacial score (nSPS) is 12.2. The van der Waals surface area contributed by atoms with Crippen molar-refractivity contribution in [2.24, 2.45) is 4.99 Å². The smallest absolute Gasteiger partial charge is 0.357 e. The number of amides is 2. The van der Waals surface area contributed by atoms with Gasteiger partial charge in [-0.3, -0.25) is 0 Å². The lowest BCUT2D eigenvalue weighted by Crippen LogP contribution is -2.21. The number of nitrogens with zero attached hydrogens (tertiary/aromatic N) is 1. The predicted octanol–water partition coefficient (Wildman–Crippen LogP) is 5.93. The maximum absolute atomic E-state index is 13.9. The molecule has 29 heavy (non-hydrogen) atoms. The molecular weight excluding hydrogens is 422 g/mol. The number of benzene rings is 2. The number of hydrogen-bond donors (Lipinski definition) is 1. The van der Waals surface area contributed by atoms with Crippen LogP contribution in [0.2, 0.25) is 0 Å². The van der Waals surface area contributed by atoms with Gasteiger partial charge in [-0.1, -0.05) is 6.07 Å². The van der Waals surface area contributed by atoms with Gasteiger partial charge in [-0.2, -0.15) is 13.8 Å². The van der Waals surface area contributed by atoms with Crippen molar-refractivity contribution in [3.63, 3.8) is 0 Å². The van der Waals surface area contributed by atoms with Gasteiger partial charge < -0.3 is 10.1 Å². The van der Waals surface area contributed by atoms with E-state index in [9.17, 15) is 31.1 Å². The van der Waals surface area contributed by atoms with E-state index in [1.165, 1.54) is 19.1 Å². The Bertz CT molecular complexity index is 870. The summed E-state index contributed by atoms with van der Waals surface area (Å²) in [6, 6.07) is 6.58. The first-order valence-electron chi connectivity index (χ1n) is 8.06. The molecule has 0 saturated heterocycles. The minimum atomic E-state index is -4.26. The molecule has 11 heteroatoms. The van der Waals surface area contributed by atoms with Crippen LogP contribution in [0.3, 0.4) is 0 Å². The Morgan fingerprint density at radius 1 is 1.14 bits per heavy atom. The third kappa shape index (κ3) is 6.14. The van der Waals surface area contributed by atoms with Crippen LogP contribution in [0.5, 0.6) is 0 Å². The number of halogens is 6. The Morgan fingerprint density at radius 3 is 2.24 bits per heavy atom. The molecule has 0 saturated carbocycles. The van der Waals surface area contributed by atoms with Gasteiger partial charge in [-0.15, -0.1) is 0 Å². The molecule has 2 aromatic carbocycles. The number of hydrogen-bond acceptors (Lipinski definition) is 3. The maximum atomic E-state index is 13.9. The minimum Gasteiger partial charge on any atom is -0.477 e. The Morgan fingerprint density at radius 2 is 1.72 bits per heavy atom. The summed E-state index contributed by atoms with van der Waals surface area (Å²) in [5.74, 6) is -2.54. The fourth-order valence-electron chi connectivity index (χ4n) is 2.05. The van der Waals surface area contributed by atoms with Crippen LogP contribution < -0.4 is 5.32 Å². The summed E-state index contributed by atoms with van der Waals surface area (Å²) in [5, 5.41) is -2.00. The lowest BCUT2D eigenvalue weighted by molar-refractivity contribution is -0.0563. The first-order valence-corrected chi connectivity index (χ1v) is 8.87. The van der Waals surface area contributed by atoms with Crippen molar-refractivity contribution in [1.82, 2.24) is 0 Å². The number of rotatable bonds is 6. The van der Waals surface area contributed by atoms with E-state index in [1.54, 1.807) is 0 Å². The third-order valence-corrected chi connectivity index (χ3v) is 4.23. The predicted molar refractivity (Wildman–Crippen MR) is 96.8 cm³/mol. The minimum absolute atomic E-state index is 0.0237. The van der Waals surface area contributed by atoms with E-state index in [0.29, 0.717) is 0 Å².